The first-order valence-corrected chi connectivity index (χ1v) is 7.37. The Bertz CT molecular complexity index is 703. The van der Waals surface area contributed by atoms with Gasteiger partial charge in [0.2, 0.25) is 5.43 Å². The summed E-state index contributed by atoms with van der Waals surface area (Å²) in [5, 5.41) is 0.444. The molecule has 0 aliphatic carbocycles. The Labute approximate surface area is 126 Å². The predicted molar refractivity (Wildman–Crippen MR) is 79.6 cm³/mol. The van der Waals surface area contributed by atoms with Gasteiger partial charge in [0.05, 0.1) is 21.1 Å². The number of hydrogen-bond acceptors (Lipinski definition) is 3. The Balaban J connectivity index is 2.81. The van der Waals surface area contributed by atoms with Crippen LogP contribution in [0.1, 0.15) is 24.2 Å². The van der Waals surface area contributed by atoms with Crippen LogP contribution in [0.4, 0.5) is 0 Å². The van der Waals surface area contributed by atoms with Crippen molar-refractivity contribution in [1.29, 1.82) is 0 Å². The van der Waals surface area contributed by atoms with Gasteiger partial charge in [-0.05, 0) is 45.7 Å². The third-order valence-corrected chi connectivity index (χ3v) is 4.68. The van der Waals surface area contributed by atoms with Crippen LogP contribution < -0.4 is 5.43 Å². The van der Waals surface area contributed by atoms with E-state index in [4.69, 9.17) is 4.74 Å². The molecule has 0 aromatic carbocycles. The van der Waals surface area contributed by atoms with Crippen molar-refractivity contribution in [2.45, 2.75) is 20.4 Å². The summed E-state index contributed by atoms with van der Waals surface area (Å²) in [6.07, 6.45) is 1.53. The zero-order chi connectivity index (χ0) is 14.2. The summed E-state index contributed by atoms with van der Waals surface area (Å²) in [4.78, 5) is 27.3. The maximum atomic E-state index is 12.4. The Hall–Kier alpha value is -1.08. The summed E-state index contributed by atoms with van der Waals surface area (Å²) in [6, 6.07) is 0. The maximum Gasteiger partial charge on any atom is 0.343 e. The highest BCUT2D eigenvalue weighted by molar-refractivity contribution is 9.13. The summed E-state index contributed by atoms with van der Waals surface area (Å²) in [5.74, 6) is -0.596. The van der Waals surface area contributed by atoms with Gasteiger partial charge in [0.15, 0.2) is 0 Å². The lowest BCUT2D eigenvalue weighted by Crippen LogP contribution is -2.20. The number of carbonyl (C=O) groups excluding carboxylic acids is 1. The SMILES string of the molecule is CCOC(=O)c1cn(CC)c2[nH]c(Br)c(Br)c2c1=O. The van der Waals surface area contributed by atoms with E-state index in [1.165, 1.54) is 6.20 Å². The van der Waals surface area contributed by atoms with Crippen molar-refractivity contribution in [3.8, 4) is 0 Å². The van der Waals surface area contributed by atoms with Crippen LogP contribution in [0.25, 0.3) is 11.0 Å². The first-order valence-electron chi connectivity index (χ1n) is 5.78. The lowest BCUT2D eigenvalue weighted by molar-refractivity contribution is 0.0524. The number of carbonyl (C=O) groups is 1. The average Bonchev–Trinajstić information content (AvgIpc) is 2.67. The number of rotatable bonds is 3. The molecule has 2 aromatic rings. The van der Waals surface area contributed by atoms with Crippen LogP contribution in [0.2, 0.25) is 0 Å². The van der Waals surface area contributed by atoms with E-state index in [1.54, 1.807) is 11.5 Å². The van der Waals surface area contributed by atoms with Crippen LogP contribution >= 0.6 is 31.9 Å². The molecule has 0 radical (unpaired) electrons. The van der Waals surface area contributed by atoms with Gasteiger partial charge in [-0.1, -0.05) is 0 Å². The summed E-state index contributed by atoms with van der Waals surface area (Å²) < 4.78 is 8.00. The summed E-state index contributed by atoms with van der Waals surface area (Å²) in [5.41, 5.74) is 0.370. The molecule has 0 amide bonds. The van der Waals surface area contributed by atoms with Gasteiger partial charge in [0.25, 0.3) is 0 Å². The van der Waals surface area contributed by atoms with Crippen molar-refractivity contribution in [2.24, 2.45) is 0 Å². The van der Waals surface area contributed by atoms with E-state index in [0.29, 0.717) is 26.7 Å². The molecule has 0 saturated heterocycles. The minimum absolute atomic E-state index is 0.0448. The van der Waals surface area contributed by atoms with Gasteiger partial charge < -0.3 is 14.3 Å². The monoisotopic (exact) mass is 390 g/mol. The summed E-state index contributed by atoms with van der Waals surface area (Å²) in [6.45, 7) is 4.50. The van der Waals surface area contributed by atoms with E-state index in [2.05, 4.69) is 36.8 Å². The fourth-order valence-corrected chi connectivity index (χ4v) is 2.73. The fraction of sp³-hybridized carbons (Fsp3) is 0.333. The Morgan fingerprint density at radius 2 is 2.11 bits per heavy atom. The van der Waals surface area contributed by atoms with Crippen LogP contribution in [0.3, 0.4) is 0 Å². The topological polar surface area (TPSA) is 64.1 Å². The minimum atomic E-state index is -0.596. The van der Waals surface area contributed by atoms with Gasteiger partial charge in [-0.15, -0.1) is 0 Å². The molecule has 2 rings (SSSR count). The van der Waals surface area contributed by atoms with Crippen molar-refractivity contribution in [3.05, 3.63) is 31.1 Å². The third-order valence-electron chi connectivity index (χ3n) is 2.76. The summed E-state index contributed by atoms with van der Waals surface area (Å²) in [7, 11) is 0. The Morgan fingerprint density at radius 1 is 1.42 bits per heavy atom. The summed E-state index contributed by atoms with van der Waals surface area (Å²) >= 11 is 6.67. The van der Waals surface area contributed by atoms with Crippen molar-refractivity contribution in [2.75, 3.05) is 6.61 Å². The third kappa shape index (κ3) is 2.36. The molecule has 5 nitrogen and oxygen atoms in total. The number of hydrogen-bond donors (Lipinski definition) is 1. The molecule has 102 valence electrons. The number of H-pyrrole nitrogens is 1. The molecule has 0 fully saturated rings. The van der Waals surface area contributed by atoms with E-state index in [1.807, 2.05) is 6.92 Å². The molecule has 0 bridgehead atoms. The Kier molecular flexibility index (Phi) is 4.15. The van der Waals surface area contributed by atoms with Gasteiger partial charge >= 0.3 is 5.97 Å². The molecule has 2 heterocycles. The molecule has 7 heteroatoms. The second-order valence-corrected chi connectivity index (χ2v) is 5.44. The number of pyridine rings is 1. The van der Waals surface area contributed by atoms with Gasteiger partial charge in [-0.3, -0.25) is 4.79 Å². The molecule has 0 atom stereocenters. The molecule has 19 heavy (non-hydrogen) atoms. The second kappa shape index (κ2) is 5.50. The molecular weight excluding hydrogens is 380 g/mol. The highest BCUT2D eigenvalue weighted by Crippen LogP contribution is 2.29. The number of ether oxygens (including phenoxy) is 1. The number of fused-ring (bicyclic) bond motifs is 1. The molecule has 0 aliphatic rings. The van der Waals surface area contributed by atoms with Crippen LogP contribution in [0, 0.1) is 0 Å². The van der Waals surface area contributed by atoms with E-state index >= 15 is 0 Å². The highest BCUT2D eigenvalue weighted by atomic mass is 79.9. The zero-order valence-corrected chi connectivity index (χ0v) is 13.6. The molecule has 2 aromatic heterocycles. The second-order valence-electron chi connectivity index (χ2n) is 3.85. The van der Waals surface area contributed by atoms with Crippen LogP contribution in [0.5, 0.6) is 0 Å². The van der Waals surface area contributed by atoms with Crippen LogP contribution in [-0.4, -0.2) is 22.1 Å². The quantitative estimate of drug-likeness (QED) is 0.817. The highest BCUT2D eigenvalue weighted by Gasteiger charge is 2.20. The van der Waals surface area contributed by atoms with Crippen LogP contribution in [0.15, 0.2) is 20.1 Å². The van der Waals surface area contributed by atoms with Crippen molar-refractivity contribution < 1.29 is 9.53 Å². The van der Waals surface area contributed by atoms with Crippen molar-refractivity contribution in [1.82, 2.24) is 9.55 Å². The normalized spacial score (nSPS) is 10.9. The van der Waals surface area contributed by atoms with Crippen molar-refractivity contribution in [3.63, 3.8) is 0 Å². The molecule has 0 aliphatic heterocycles. The number of halogens is 2. The molecular formula is C12H12Br2N2O3. The number of nitrogens with one attached hydrogen (secondary N) is 1. The van der Waals surface area contributed by atoms with E-state index in [0.717, 1.165) is 0 Å². The average molecular weight is 392 g/mol. The van der Waals surface area contributed by atoms with Crippen molar-refractivity contribution >= 4 is 48.9 Å². The van der Waals surface area contributed by atoms with E-state index in [-0.39, 0.29) is 17.6 Å². The number of aromatic nitrogens is 2. The molecule has 1 N–H and O–H groups in total. The first kappa shape index (κ1) is 14.3. The maximum absolute atomic E-state index is 12.4. The van der Waals surface area contributed by atoms with E-state index in [9.17, 15) is 9.59 Å². The number of aryl methyl sites for hydroxylation is 1. The number of nitrogens with zero attached hydrogens (tertiary/aromatic N) is 1. The predicted octanol–water partition coefficient (Wildman–Crippen LogP) is 3.05. The fourth-order valence-electron chi connectivity index (χ4n) is 1.87. The standard InChI is InChI=1S/C12H12Br2N2O3/c1-3-16-5-6(12(18)19-4-2)9(17)7-8(13)10(14)15-11(7)16/h5,15H,3-4H2,1-2H3. The van der Waals surface area contributed by atoms with E-state index < -0.39 is 5.97 Å². The first-order chi connectivity index (χ1) is 9.01. The lowest BCUT2D eigenvalue weighted by atomic mass is 10.2. The number of esters is 1. The smallest absolute Gasteiger partial charge is 0.343 e. The van der Waals surface area contributed by atoms with Gasteiger partial charge in [0.1, 0.15) is 11.2 Å². The molecule has 0 saturated carbocycles. The minimum Gasteiger partial charge on any atom is -0.462 e. The van der Waals surface area contributed by atoms with Gasteiger partial charge in [-0.25, -0.2) is 4.79 Å². The zero-order valence-electron chi connectivity index (χ0n) is 10.4. The molecule has 0 unspecified atom stereocenters. The molecule has 0 spiro atoms. The largest absolute Gasteiger partial charge is 0.462 e. The van der Waals surface area contributed by atoms with Crippen LogP contribution in [-0.2, 0) is 11.3 Å². The number of aromatic amines is 1. The van der Waals surface area contributed by atoms with Gasteiger partial charge in [0, 0.05) is 12.7 Å². The Morgan fingerprint density at radius 3 is 2.68 bits per heavy atom. The van der Waals surface area contributed by atoms with Gasteiger partial charge in [-0.2, -0.15) is 0 Å². The lowest BCUT2D eigenvalue weighted by Gasteiger charge is -2.08.